The Kier molecular flexibility index (Phi) is 3.43. The summed E-state index contributed by atoms with van der Waals surface area (Å²) in [6, 6.07) is 9.11. The molecule has 94 valence electrons. The van der Waals surface area contributed by atoms with Crippen LogP contribution in [-0.2, 0) is 0 Å². The van der Waals surface area contributed by atoms with Crippen molar-refractivity contribution in [2.75, 3.05) is 0 Å². The Balaban J connectivity index is 2.58. The van der Waals surface area contributed by atoms with Crippen LogP contribution in [0.15, 0.2) is 36.5 Å². The van der Waals surface area contributed by atoms with Crippen molar-refractivity contribution in [2.45, 2.75) is 19.9 Å². The van der Waals surface area contributed by atoms with E-state index in [-0.39, 0.29) is 6.04 Å². The molecule has 0 unspecified atom stereocenters. The van der Waals surface area contributed by atoms with Gasteiger partial charge in [0.05, 0.1) is 0 Å². The molecule has 0 saturated heterocycles. The third kappa shape index (κ3) is 2.27. The van der Waals surface area contributed by atoms with Crippen LogP contribution in [0.5, 0.6) is 0 Å². The molecule has 1 N–H and O–H groups in total. The van der Waals surface area contributed by atoms with Crippen LogP contribution < -0.4 is 0 Å². The summed E-state index contributed by atoms with van der Waals surface area (Å²) in [6.45, 7) is 3.91. The smallest absolute Gasteiger partial charge is 0.353 e. The van der Waals surface area contributed by atoms with E-state index < -0.39 is 5.97 Å². The standard InChI is InChI=1S/C14H14ClNO2/c1-9(2)16-8-7-12(13(16)14(17)18)10-3-5-11(15)6-4-10/h3-9H,1-2H3,(H,17,18). The summed E-state index contributed by atoms with van der Waals surface area (Å²) < 4.78 is 1.76. The summed E-state index contributed by atoms with van der Waals surface area (Å²) in [6.07, 6.45) is 1.80. The summed E-state index contributed by atoms with van der Waals surface area (Å²) in [4.78, 5) is 11.4. The highest BCUT2D eigenvalue weighted by molar-refractivity contribution is 6.30. The second kappa shape index (κ2) is 4.86. The lowest BCUT2D eigenvalue weighted by atomic mass is 10.1. The summed E-state index contributed by atoms with van der Waals surface area (Å²) in [5.74, 6) is -0.918. The molecule has 1 heterocycles. The third-order valence-corrected chi connectivity index (χ3v) is 3.08. The number of hydrogen-bond donors (Lipinski definition) is 1. The maximum absolute atomic E-state index is 11.4. The molecular formula is C14H14ClNO2. The number of halogens is 1. The third-order valence-electron chi connectivity index (χ3n) is 2.83. The van der Waals surface area contributed by atoms with Crippen LogP contribution in [0.4, 0.5) is 0 Å². The minimum absolute atomic E-state index is 0.108. The lowest BCUT2D eigenvalue weighted by Crippen LogP contribution is -2.10. The minimum Gasteiger partial charge on any atom is -0.477 e. The molecule has 0 aliphatic heterocycles. The van der Waals surface area contributed by atoms with Gasteiger partial charge in [0.25, 0.3) is 0 Å². The van der Waals surface area contributed by atoms with Crippen molar-refractivity contribution in [1.82, 2.24) is 4.57 Å². The molecule has 2 rings (SSSR count). The van der Waals surface area contributed by atoms with Crippen LogP contribution in [0.25, 0.3) is 11.1 Å². The summed E-state index contributed by atoms with van der Waals surface area (Å²) >= 11 is 5.84. The Morgan fingerprint density at radius 3 is 2.33 bits per heavy atom. The van der Waals surface area contributed by atoms with Crippen LogP contribution in [0.3, 0.4) is 0 Å². The molecule has 0 spiro atoms. The van der Waals surface area contributed by atoms with Crippen molar-refractivity contribution in [3.63, 3.8) is 0 Å². The highest BCUT2D eigenvalue weighted by Gasteiger charge is 2.18. The van der Waals surface area contributed by atoms with Gasteiger partial charge in [0.2, 0.25) is 0 Å². The summed E-state index contributed by atoms with van der Waals surface area (Å²) in [7, 11) is 0. The number of aromatic nitrogens is 1. The van der Waals surface area contributed by atoms with Gasteiger partial charge >= 0.3 is 5.97 Å². The number of carboxylic acids is 1. The van der Waals surface area contributed by atoms with Gasteiger partial charge in [-0.2, -0.15) is 0 Å². The van der Waals surface area contributed by atoms with Gasteiger partial charge in [-0.05, 0) is 37.6 Å². The molecule has 3 nitrogen and oxygen atoms in total. The fraction of sp³-hybridized carbons (Fsp3) is 0.214. The van der Waals surface area contributed by atoms with Gasteiger partial charge in [-0.1, -0.05) is 23.7 Å². The molecule has 0 aliphatic carbocycles. The molecule has 0 saturated carbocycles. The maximum Gasteiger partial charge on any atom is 0.353 e. The van der Waals surface area contributed by atoms with Crippen LogP contribution in [-0.4, -0.2) is 15.6 Å². The Hall–Kier alpha value is -1.74. The lowest BCUT2D eigenvalue weighted by Gasteiger charge is -2.11. The van der Waals surface area contributed by atoms with E-state index >= 15 is 0 Å². The summed E-state index contributed by atoms with van der Waals surface area (Å²) in [5.41, 5.74) is 1.89. The maximum atomic E-state index is 11.4. The van der Waals surface area contributed by atoms with Crippen LogP contribution >= 0.6 is 11.6 Å². The van der Waals surface area contributed by atoms with E-state index in [1.54, 1.807) is 22.9 Å². The number of aromatic carboxylic acids is 1. The van der Waals surface area contributed by atoms with Gasteiger partial charge in [-0.15, -0.1) is 0 Å². The molecule has 0 atom stereocenters. The fourth-order valence-corrected chi connectivity index (χ4v) is 2.09. The van der Waals surface area contributed by atoms with Crippen molar-refractivity contribution in [3.05, 3.63) is 47.2 Å². The average molecular weight is 264 g/mol. The van der Waals surface area contributed by atoms with Gasteiger partial charge in [0, 0.05) is 22.8 Å². The number of hydrogen-bond acceptors (Lipinski definition) is 1. The van der Waals surface area contributed by atoms with E-state index in [2.05, 4.69) is 0 Å². The molecule has 2 aromatic rings. The van der Waals surface area contributed by atoms with Crippen LogP contribution in [0.2, 0.25) is 5.02 Å². The highest BCUT2D eigenvalue weighted by atomic mass is 35.5. The van der Waals surface area contributed by atoms with E-state index in [1.807, 2.05) is 32.0 Å². The summed E-state index contributed by atoms with van der Waals surface area (Å²) in [5, 5.41) is 9.99. The quantitative estimate of drug-likeness (QED) is 0.906. The molecule has 1 aromatic carbocycles. The molecule has 0 fully saturated rings. The fourth-order valence-electron chi connectivity index (χ4n) is 1.97. The largest absolute Gasteiger partial charge is 0.477 e. The van der Waals surface area contributed by atoms with Crippen molar-refractivity contribution >= 4 is 17.6 Å². The van der Waals surface area contributed by atoms with E-state index in [4.69, 9.17) is 11.6 Å². The Bertz CT molecular complexity index is 570. The molecule has 1 aromatic heterocycles. The number of nitrogens with zero attached hydrogens (tertiary/aromatic N) is 1. The molecular weight excluding hydrogens is 250 g/mol. The zero-order valence-electron chi connectivity index (χ0n) is 10.2. The van der Waals surface area contributed by atoms with Crippen LogP contribution in [0, 0.1) is 0 Å². The second-order valence-corrected chi connectivity index (χ2v) is 4.83. The predicted octanol–water partition coefficient (Wildman–Crippen LogP) is 4.09. The van der Waals surface area contributed by atoms with Crippen molar-refractivity contribution in [2.24, 2.45) is 0 Å². The highest BCUT2D eigenvalue weighted by Crippen LogP contribution is 2.28. The van der Waals surface area contributed by atoms with E-state index in [0.717, 1.165) is 5.56 Å². The van der Waals surface area contributed by atoms with Gasteiger partial charge in [-0.25, -0.2) is 4.79 Å². The first kappa shape index (κ1) is 12.7. The number of carbonyl (C=O) groups is 1. The first-order valence-electron chi connectivity index (χ1n) is 5.70. The second-order valence-electron chi connectivity index (χ2n) is 4.39. The van der Waals surface area contributed by atoms with Gasteiger partial charge < -0.3 is 9.67 Å². The zero-order valence-corrected chi connectivity index (χ0v) is 11.0. The topological polar surface area (TPSA) is 42.2 Å². The first-order chi connectivity index (χ1) is 8.50. The zero-order chi connectivity index (χ0) is 13.3. The first-order valence-corrected chi connectivity index (χ1v) is 6.08. The van der Waals surface area contributed by atoms with Gasteiger partial charge in [0.15, 0.2) is 0 Å². The number of rotatable bonds is 3. The number of benzene rings is 1. The normalized spacial score (nSPS) is 10.9. The molecule has 18 heavy (non-hydrogen) atoms. The van der Waals surface area contributed by atoms with E-state index in [0.29, 0.717) is 16.3 Å². The minimum atomic E-state index is -0.918. The van der Waals surface area contributed by atoms with Crippen molar-refractivity contribution in [3.8, 4) is 11.1 Å². The average Bonchev–Trinajstić information content (AvgIpc) is 2.74. The van der Waals surface area contributed by atoms with Crippen molar-refractivity contribution < 1.29 is 9.90 Å². The molecule has 4 heteroatoms. The Morgan fingerprint density at radius 1 is 1.22 bits per heavy atom. The number of carboxylic acid groups (broad SMARTS) is 1. The van der Waals surface area contributed by atoms with E-state index in [9.17, 15) is 9.90 Å². The Labute approximate surface area is 111 Å². The van der Waals surface area contributed by atoms with Gasteiger partial charge in [0.1, 0.15) is 5.69 Å². The van der Waals surface area contributed by atoms with Crippen molar-refractivity contribution in [1.29, 1.82) is 0 Å². The lowest BCUT2D eigenvalue weighted by molar-refractivity contribution is 0.0684. The Morgan fingerprint density at radius 2 is 1.83 bits per heavy atom. The SMILES string of the molecule is CC(C)n1ccc(-c2ccc(Cl)cc2)c1C(=O)O. The van der Waals surface area contributed by atoms with E-state index in [1.165, 1.54) is 0 Å². The van der Waals surface area contributed by atoms with Crippen LogP contribution in [0.1, 0.15) is 30.4 Å². The molecule has 0 radical (unpaired) electrons. The molecule has 0 bridgehead atoms. The monoisotopic (exact) mass is 263 g/mol. The molecule has 0 aliphatic rings. The van der Waals surface area contributed by atoms with Gasteiger partial charge in [-0.3, -0.25) is 0 Å². The predicted molar refractivity (Wildman–Crippen MR) is 72.2 cm³/mol. The molecule has 0 amide bonds.